The second-order valence-electron chi connectivity index (χ2n) is 9.13. The molecule has 2 heteroatoms. The summed E-state index contributed by atoms with van der Waals surface area (Å²) in [7, 11) is 4.48. The molecule has 0 fully saturated rings. The van der Waals surface area contributed by atoms with E-state index in [1.165, 1.54) is 11.1 Å². The fourth-order valence-corrected chi connectivity index (χ4v) is 4.76. The van der Waals surface area contributed by atoms with Crippen molar-refractivity contribution < 1.29 is 0 Å². The largest absolute Gasteiger partial charge is 0.288 e. The Labute approximate surface area is 198 Å². The van der Waals surface area contributed by atoms with Gasteiger partial charge in [0, 0.05) is 13.1 Å². The molecule has 2 aromatic rings. The van der Waals surface area contributed by atoms with E-state index >= 15 is 0 Å². The van der Waals surface area contributed by atoms with Crippen LogP contribution in [0.4, 0.5) is 0 Å². The van der Waals surface area contributed by atoms with Gasteiger partial charge in [-0.15, -0.1) is 0 Å². The molecule has 0 aliphatic rings. The lowest BCUT2D eigenvalue weighted by atomic mass is 9.90. The standard InChI is InChI=1S/C30H44N2/c1-7-27(8-2)29(31(5)23-25-17-13-11-14-18-25)21-22-30(28(9-3)10-4)32(6)24-26-19-15-12-16-20-26/h11-20,27-30H,7-10,23-24H2,1-6H3. The van der Waals surface area contributed by atoms with Gasteiger partial charge in [0.1, 0.15) is 0 Å². The van der Waals surface area contributed by atoms with Gasteiger partial charge in [-0.05, 0) is 37.1 Å². The van der Waals surface area contributed by atoms with Crippen molar-refractivity contribution in [2.45, 2.75) is 78.6 Å². The normalized spacial score (nSPS) is 13.4. The maximum Gasteiger partial charge on any atom is 0.0743 e. The predicted octanol–water partition coefficient (Wildman–Crippen LogP) is 6.86. The van der Waals surface area contributed by atoms with E-state index in [1.807, 2.05) is 0 Å². The summed E-state index contributed by atoms with van der Waals surface area (Å²) in [6.45, 7) is 11.1. The summed E-state index contributed by atoms with van der Waals surface area (Å²) in [6, 6.07) is 22.1. The van der Waals surface area contributed by atoms with Crippen LogP contribution in [0.25, 0.3) is 0 Å². The summed E-state index contributed by atoms with van der Waals surface area (Å²) in [5, 5.41) is 0. The second-order valence-corrected chi connectivity index (χ2v) is 9.13. The van der Waals surface area contributed by atoms with Crippen LogP contribution in [0.2, 0.25) is 0 Å². The quantitative estimate of drug-likeness (QED) is 0.338. The first-order valence-corrected chi connectivity index (χ1v) is 12.5. The maximum absolute atomic E-state index is 3.79. The number of hydrogen-bond acceptors (Lipinski definition) is 2. The van der Waals surface area contributed by atoms with Crippen molar-refractivity contribution in [2.75, 3.05) is 14.1 Å². The van der Waals surface area contributed by atoms with E-state index in [-0.39, 0.29) is 12.1 Å². The Morgan fingerprint density at radius 2 is 0.875 bits per heavy atom. The molecule has 174 valence electrons. The molecule has 0 N–H and O–H groups in total. The molecule has 2 atom stereocenters. The Hall–Kier alpha value is -2.08. The first-order chi connectivity index (χ1) is 15.5. The fourth-order valence-electron chi connectivity index (χ4n) is 4.76. The molecular weight excluding hydrogens is 388 g/mol. The van der Waals surface area contributed by atoms with Crippen LogP contribution in [0.5, 0.6) is 0 Å². The molecule has 0 saturated carbocycles. The molecule has 2 nitrogen and oxygen atoms in total. The average molecular weight is 433 g/mol. The molecule has 0 saturated heterocycles. The molecule has 0 aromatic heterocycles. The lowest BCUT2D eigenvalue weighted by molar-refractivity contribution is 0.198. The van der Waals surface area contributed by atoms with Gasteiger partial charge in [-0.3, -0.25) is 9.80 Å². The summed E-state index contributed by atoms with van der Waals surface area (Å²) < 4.78 is 0. The first kappa shape index (κ1) is 26.2. The van der Waals surface area contributed by atoms with E-state index in [9.17, 15) is 0 Å². The minimum absolute atomic E-state index is 0.271. The van der Waals surface area contributed by atoms with E-state index in [4.69, 9.17) is 0 Å². The smallest absolute Gasteiger partial charge is 0.0743 e. The molecule has 0 bridgehead atoms. The number of benzene rings is 2. The summed E-state index contributed by atoms with van der Waals surface area (Å²) >= 11 is 0. The number of nitrogens with zero attached hydrogens (tertiary/aromatic N) is 2. The molecular formula is C30H44N2. The number of hydrogen-bond donors (Lipinski definition) is 0. The molecule has 0 radical (unpaired) electrons. The van der Waals surface area contributed by atoms with Crippen LogP contribution in [0.1, 0.15) is 64.5 Å². The van der Waals surface area contributed by atoms with Gasteiger partial charge in [0.2, 0.25) is 0 Å². The average Bonchev–Trinajstić information content (AvgIpc) is 2.82. The van der Waals surface area contributed by atoms with Crippen LogP contribution >= 0.6 is 0 Å². The van der Waals surface area contributed by atoms with Crippen LogP contribution in [0.3, 0.4) is 0 Å². The van der Waals surface area contributed by atoms with E-state index in [2.05, 4.69) is 124 Å². The Morgan fingerprint density at radius 3 is 1.16 bits per heavy atom. The monoisotopic (exact) mass is 432 g/mol. The highest BCUT2D eigenvalue weighted by Crippen LogP contribution is 2.22. The Balaban J connectivity index is 2.29. The third-order valence-corrected chi connectivity index (χ3v) is 6.87. The zero-order valence-electron chi connectivity index (χ0n) is 21.2. The zero-order valence-corrected chi connectivity index (χ0v) is 21.2. The van der Waals surface area contributed by atoms with Crippen molar-refractivity contribution in [3.8, 4) is 11.8 Å². The predicted molar refractivity (Wildman–Crippen MR) is 139 cm³/mol. The Kier molecular flexibility index (Phi) is 11.6. The molecule has 0 aliphatic heterocycles. The summed E-state index contributed by atoms with van der Waals surface area (Å²) in [5.41, 5.74) is 2.70. The molecule has 0 spiro atoms. The molecule has 32 heavy (non-hydrogen) atoms. The van der Waals surface area contributed by atoms with Gasteiger partial charge in [0.25, 0.3) is 0 Å². The highest BCUT2D eigenvalue weighted by molar-refractivity contribution is 5.20. The van der Waals surface area contributed by atoms with Crippen molar-refractivity contribution in [2.24, 2.45) is 11.8 Å². The molecule has 0 heterocycles. The van der Waals surface area contributed by atoms with Crippen molar-refractivity contribution in [3.05, 3.63) is 71.8 Å². The highest BCUT2D eigenvalue weighted by Gasteiger charge is 2.24. The van der Waals surface area contributed by atoms with Crippen LogP contribution in [-0.4, -0.2) is 36.0 Å². The van der Waals surface area contributed by atoms with Crippen molar-refractivity contribution in [3.63, 3.8) is 0 Å². The second kappa shape index (κ2) is 14.1. The van der Waals surface area contributed by atoms with Gasteiger partial charge in [-0.1, -0.05) is 126 Å². The van der Waals surface area contributed by atoms with Crippen LogP contribution in [-0.2, 0) is 13.1 Å². The first-order valence-electron chi connectivity index (χ1n) is 12.5. The van der Waals surface area contributed by atoms with Gasteiger partial charge in [0.05, 0.1) is 12.1 Å². The van der Waals surface area contributed by atoms with Crippen LogP contribution in [0.15, 0.2) is 60.7 Å². The third-order valence-electron chi connectivity index (χ3n) is 6.87. The van der Waals surface area contributed by atoms with Gasteiger partial charge >= 0.3 is 0 Å². The summed E-state index contributed by atoms with van der Waals surface area (Å²) in [4.78, 5) is 4.92. The van der Waals surface area contributed by atoms with E-state index < -0.39 is 0 Å². The van der Waals surface area contributed by atoms with Crippen molar-refractivity contribution >= 4 is 0 Å². The lowest BCUT2D eigenvalue weighted by Gasteiger charge is -2.32. The molecule has 2 rings (SSSR count). The SMILES string of the molecule is CCC(CC)C(C#CC(C(CC)CC)N(C)Cc1ccccc1)N(C)Cc1ccccc1. The molecule has 0 aliphatic carbocycles. The van der Waals surface area contributed by atoms with Crippen molar-refractivity contribution in [1.82, 2.24) is 9.80 Å². The Morgan fingerprint density at radius 1 is 0.562 bits per heavy atom. The van der Waals surface area contributed by atoms with Crippen LogP contribution in [0, 0.1) is 23.7 Å². The highest BCUT2D eigenvalue weighted by atomic mass is 15.1. The van der Waals surface area contributed by atoms with E-state index in [0.29, 0.717) is 11.8 Å². The van der Waals surface area contributed by atoms with E-state index in [1.54, 1.807) is 0 Å². The minimum Gasteiger partial charge on any atom is -0.288 e. The topological polar surface area (TPSA) is 6.48 Å². The van der Waals surface area contributed by atoms with Crippen molar-refractivity contribution in [1.29, 1.82) is 0 Å². The van der Waals surface area contributed by atoms with Gasteiger partial charge in [0.15, 0.2) is 0 Å². The minimum atomic E-state index is 0.271. The Bertz CT molecular complexity index is 729. The summed E-state index contributed by atoms with van der Waals surface area (Å²) in [6.07, 6.45) is 4.63. The lowest BCUT2D eigenvalue weighted by Crippen LogP contribution is -2.39. The maximum atomic E-state index is 3.79. The summed E-state index contributed by atoms with van der Waals surface area (Å²) in [5.74, 6) is 8.75. The zero-order chi connectivity index (χ0) is 23.3. The number of rotatable bonds is 12. The molecule has 2 unspecified atom stereocenters. The van der Waals surface area contributed by atoms with E-state index in [0.717, 1.165) is 38.8 Å². The fraction of sp³-hybridized carbons (Fsp3) is 0.533. The molecule has 0 amide bonds. The van der Waals surface area contributed by atoms with Gasteiger partial charge in [-0.25, -0.2) is 0 Å². The van der Waals surface area contributed by atoms with Gasteiger partial charge < -0.3 is 0 Å². The third kappa shape index (κ3) is 7.80. The molecule has 2 aromatic carbocycles. The van der Waals surface area contributed by atoms with Gasteiger partial charge in [-0.2, -0.15) is 0 Å². The van der Waals surface area contributed by atoms with Crippen LogP contribution < -0.4 is 0 Å².